The molecule has 0 spiro atoms. The van der Waals surface area contributed by atoms with E-state index < -0.39 is 33.9 Å². The van der Waals surface area contributed by atoms with E-state index in [1.807, 2.05) is 11.6 Å². The molecule has 1 unspecified atom stereocenters. The zero-order valence-corrected chi connectivity index (χ0v) is 15.9. The van der Waals surface area contributed by atoms with Gasteiger partial charge in [-0.05, 0) is 30.7 Å². The van der Waals surface area contributed by atoms with E-state index in [0.717, 1.165) is 26.2 Å². The fourth-order valence-corrected chi connectivity index (χ4v) is 3.87. The Labute approximate surface area is 156 Å². The van der Waals surface area contributed by atoms with Gasteiger partial charge in [-0.15, -0.1) is 0 Å². The van der Waals surface area contributed by atoms with Crippen LogP contribution in [0, 0.1) is 0 Å². The summed E-state index contributed by atoms with van der Waals surface area (Å²) in [5.74, 6) is -0.728. The lowest BCUT2D eigenvalue weighted by Crippen LogP contribution is -2.28. The van der Waals surface area contributed by atoms with Gasteiger partial charge >= 0.3 is 6.18 Å². The molecule has 1 amide bonds. The summed E-state index contributed by atoms with van der Waals surface area (Å²) < 4.78 is 65.0. The highest BCUT2D eigenvalue weighted by atomic mass is 32.2. The van der Waals surface area contributed by atoms with Crippen LogP contribution >= 0.6 is 0 Å². The number of hydrogen-bond acceptors (Lipinski definition) is 5. The van der Waals surface area contributed by atoms with Gasteiger partial charge in [-0.2, -0.15) is 18.3 Å². The highest BCUT2D eigenvalue weighted by molar-refractivity contribution is 7.90. The van der Waals surface area contributed by atoms with E-state index in [0.29, 0.717) is 12.1 Å². The standard InChI is InChI=1S/C17H22F3N3O3S/c1-3-4-5-6-14-11-16(17(18,19)20)21-23(14)13-7-9-15(10-8-13)27(25,26)22-12(2)24/h7-10,14H,3-6,11H2,1-2H3,(H,22,24). The predicted molar refractivity (Wildman–Crippen MR) is 96.0 cm³/mol. The Morgan fingerprint density at radius 2 is 1.89 bits per heavy atom. The fraction of sp³-hybridized carbons (Fsp3) is 0.529. The number of benzene rings is 1. The molecular weight excluding hydrogens is 383 g/mol. The lowest BCUT2D eigenvalue weighted by molar-refractivity contribution is -0.117. The van der Waals surface area contributed by atoms with Crippen LogP contribution in [0.2, 0.25) is 0 Å². The summed E-state index contributed by atoms with van der Waals surface area (Å²) in [6.45, 7) is 3.09. The molecule has 2 rings (SSSR count). The van der Waals surface area contributed by atoms with Gasteiger partial charge in [-0.25, -0.2) is 13.1 Å². The number of hydrazone groups is 1. The molecule has 150 valence electrons. The number of nitrogens with zero attached hydrogens (tertiary/aromatic N) is 2. The van der Waals surface area contributed by atoms with Gasteiger partial charge in [-0.1, -0.05) is 26.2 Å². The van der Waals surface area contributed by atoms with E-state index >= 15 is 0 Å². The van der Waals surface area contributed by atoms with Crippen molar-refractivity contribution in [3.8, 4) is 0 Å². The van der Waals surface area contributed by atoms with E-state index in [1.54, 1.807) is 0 Å². The average Bonchev–Trinajstić information content (AvgIpc) is 2.98. The van der Waals surface area contributed by atoms with Crippen LogP contribution in [-0.2, 0) is 14.8 Å². The molecule has 10 heteroatoms. The number of hydrogen-bond donors (Lipinski definition) is 1. The van der Waals surface area contributed by atoms with Crippen molar-refractivity contribution in [1.29, 1.82) is 0 Å². The summed E-state index contributed by atoms with van der Waals surface area (Å²) >= 11 is 0. The molecule has 0 saturated heterocycles. The highest BCUT2D eigenvalue weighted by Gasteiger charge is 2.42. The van der Waals surface area contributed by atoms with Gasteiger partial charge in [0.25, 0.3) is 10.0 Å². The van der Waals surface area contributed by atoms with Crippen LogP contribution in [0.4, 0.5) is 18.9 Å². The third-order valence-corrected chi connectivity index (χ3v) is 5.61. The number of amides is 1. The Kier molecular flexibility index (Phi) is 6.50. The number of unbranched alkanes of at least 4 members (excludes halogenated alkanes) is 2. The maximum absolute atomic E-state index is 13.1. The second-order valence-corrected chi connectivity index (χ2v) is 8.08. The van der Waals surface area contributed by atoms with Gasteiger partial charge in [0.2, 0.25) is 5.91 Å². The van der Waals surface area contributed by atoms with E-state index in [9.17, 15) is 26.4 Å². The normalized spacial score (nSPS) is 17.7. The minimum absolute atomic E-state index is 0.150. The first-order valence-corrected chi connectivity index (χ1v) is 10.1. The van der Waals surface area contributed by atoms with Crippen molar-refractivity contribution in [1.82, 2.24) is 4.72 Å². The zero-order chi connectivity index (χ0) is 20.2. The maximum Gasteiger partial charge on any atom is 0.431 e. The van der Waals surface area contributed by atoms with Gasteiger partial charge in [0.15, 0.2) is 0 Å². The van der Waals surface area contributed by atoms with E-state index in [-0.39, 0.29) is 11.3 Å². The molecule has 0 aliphatic carbocycles. The van der Waals surface area contributed by atoms with E-state index in [4.69, 9.17) is 0 Å². The first-order chi connectivity index (χ1) is 12.5. The Morgan fingerprint density at radius 3 is 2.41 bits per heavy atom. The molecule has 27 heavy (non-hydrogen) atoms. The van der Waals surface area contributed by atoms with Crippen molar-refractivity contribution in [2.45, 2.75) is 63.1 Å². The van der Waals surface area contributed by atoms with E-state index in [2.05, 4.69) is 5.10 Å². The fourth-order valence-electron chi connectivity index (χ4n) is 2.88. The largest absolute Gasteiger partial charge is 0.431 e. The summed E-state index contributed by atoms with van der Waals surface area (Å²) in [5, 5.41) is 5.05. The highest BCUT2D eigenvalue weighted by Crippen LogP contribution is 2.33. The number of rotatable bonds is 7. The summed E-state index contributed by atoms with van der Waals surface area (Å²) in [5.41, 5.74) is -0.462. The average molecular weight is 405 g/mol. The molecule has 0 saturated carbocycles. The Hall–Kier alpha value is -2.10. The topological polar surface area (TPSA) is 78.8 Å². The molecule has 1 N–H and O–H groups in total. The molecule has 0 fully saturated rings. The number of sulfonamides is 1. The smallest absolute Gasteiger partial charge is 0.274 e. The Balaban J connectivity index is 2.26. The van der Waals surface area contributed by atoms with Crippen LogP contribution in [0.25, 0.3) is 0 Å². The van der Waals surface area contributed by atoms with Crippen molar-refractivity contribution in [2.24, 2.45) is 5.10 Å². The van der Waals surface area contributed by atoms with Crippen LogP contribution < -0.4 is 9.73 Å². The number of carbonyl (C=O) groups excluding carboxylic acids is 1. The first kappa shape index (κ1) is 21.2. The third kappa shape index (κ3) is 5.44. The summed E-state index contributed by atoms with van der Waals surface area (Å²) in [4.78, 5) is 10.8. The molecule has 1 aliphatic heterocycles. The minimum atomic E-state index is -4.49. The van der Waals surface area contributed by atoms with Crippen LogP contribution in [0.15, 0.2) is 34.3 Å². The number of alkyl halides is 3. The SMILES string of the molecule is CCCCCC1CC(C(F)(F)F)=NN1c1ccc(S(=O)(=O)NC(C)=O)cc1. The molecule has 0 bridgehead atoms. The van der Waals surface area contributed by atoms with Gasteiger partial charge < -0.3 is 0 Å². The molecule has 1 heterocycles. The number of anilines is 1. The predicted octanol–water partition coefficient (Wildman–Crippen LogP) is 3.59. The van der Waals surface area contributed by atoms with Crippen molar-refractivity contribution in [3.05, 3.63) is 24.3 Å². The van der Waals surface area contributed by atoms with Crippen molar-refractivity contribution in [2.75, 3.05) is 5.01 Å². The number of carbonyl (C=O) groups is 1. The number of nitrogens with one attached hydrogen (secondary N) is 1. The molecule has 0 aromatic heterocycles. The molecular formula is C17H22F3N3O3S. The molecule has 1 atom stereocenters. The molecule has 1 aromatic carbocycles. The van der Waals surface area contributed by atoms with E-state index in [1.165, 1.54) is 29.3 Å². The monoisotopic (exact) mass is 405 g/mol. The van der Waals surface area contributed by atoms with Crippen LogP contribution in [0.3, 0.4) is 0 Å². The van der Waals surface area contributed by atoms with Gasteiger partial charge in [0.05, 0.1) is 16.6 Å². The van der Waals surface area contributed by atoms with Crippen LogP contribution in [0.5, 0.6) is 0 Å². The third-order valence-electron chi connectivity index (χ3n) is 4.16. The Morgan fingerprint density at radius 1 is 1.26 bits per heavy atom. The van der Waals surface area contributed by atoms with Crippen LogP contribution in [-0.4, -0.2) is 32.3 Å². The second kappa shape index (κ2) is 8.28. The molecule has 1 aliphatic rings. The summed E-state index contributed by atoms with van der Waals surface area (Å²) in [6.07, 6.45) is -1.48. The molecule has 1 aromatic rings. The van der Waals surface area contributed by atoms with Crippen molar-refractivity contribution < 1.29 is 26.4 Å². The lowest BCUT2D eigenvalue weighted by atomic mass is 10.0. The zero-order valence-electron chi connectivity index (χ0n) is 15.1. The van der Waals surface area contributed by atoms with Crippen LogP contribution in [0.1, 0.15) is 46.0 Å². The minimum Gasteiger partial charge on any atom is -0.274 e. The summed E-state index contributed by atoms with van der Waals surface area (Å²) in [7, 11) is -4.00. The second-order valence-electron chi connectivity index (χ2n) is 6.40. The van der Waals surface area contributed by atoms with Gasteiger partial charge in [0.1, 0.15) is 5.71 Å². The van der Waals surface area contributed by atoms with Gasteiger partial charge in [-0.3, -0.25) is 9.80 Å². The molecule has 6 nitrogen and oxygen atoms in total. The van der Waals surface area contributed by atoms with Gasteiger partial charge in [0, 0.05) is 13.3 Å². The molecule has 0 radical (unpaired) electrons. The van der Waals surface area contributed by atoms with Crippen molar-refractivity contribution in [3.63, 3.8) is 0 Å². The van der Waals surface area contributed by atoms with Crippen molar-refractivity contribution >= 4 is 27.3 Å². The maximum atomic E-state index is 13.1. The quantitative estimate of drug-likeness (QED) is 0.703. The lowest BCUT2D eigenvalue weighted by Gasteiger charge is -2.23. The first-order valence-electron chi connectivity index (χ1n) is 8.62. The summed E-state index contributed by atoms with van der Waals surface area (Å²) in [6, 6.07) is 4.84. The number of halogens is 3. The Bertz CT molecular complexity index is 805.